The van der Waals surface area contributed by atoms with Crippen LogP contribution in [0.3, 0.4) is 0 Å². The number of nitrogens with one attached hydrogen (secondary N) is 1. The van der Waals surface area contributed by atoms with E-state index in [9.17, 15) is 5.11 Å². The van der Waals surface area contributed by atoms with Gasteiger partial charge in [-0.15, -0.1) is 0 Å². The molecule has 0 amide bonds. The Kier molecular flexibility index (Phi) is 6.06. The van der Waals surface area contributed by atoms with Crippen LogP contribution in [0.1, 0.15) is 26.1 Å². The van der Waals surface area contributed by atoms with Gasteiger partial charge in [-0.2, -0.15) is 0 Å². The minimum absolute atomic E-state index is 0.541. The number of benzene rings is 1. The third kappa shape index (κ3) is 4.79. The van der Waals surface area contributed by atoms with Gasteiger partial charge < -0.3 is 19.7 Å². The molecule has 1 saturated heterocycles. The molecule has 0 radical (unpaired) electrons. The van der Waals surface area contributed by atoms with Crippen LogP contribution in [0.4, 0.5) is 0 Å². The summed E-state index contributed by atoms with van der Waals surface area (Å²) in [7, 11) is 0. The third-order valence-corrected chi connectivity index (χ3v) is 4.64. The van der Waals surface area contributed by atoms with Crippen LogP contribution < -0.4 is 5.32 Å². The van der Waals surface area contributed by atoms with E-state index < -0.39 is 5.60 Å². The van der Waals surface area contributed by atoms with Gasteiger partial charge >= 0.3 is 0 Å². The first kappa shape index (κ1) is 18.3. The van der Waals surface area contributed by atoms with Crippen LogP contribution in [0.15, 0.2) is 24.3 Å². The number of imidazole rings is 1. The summed E-state index contributed by atoms with van der Waals surface area (Å²) in [6.45, 7) is 10.2. The van der Waals surface area contributed by atoms with Crippen molar-refractivity contribution in [2.24, 2.45) is 0 Å². The quantitative estimate of drug-likeness (QED) is 0.760. The van der Waals surface area contributed by atoms with E-state index in [0.717, 1.165) is 50.6 Å². The molecule has 1 aliphatic heterocycles. The van der Waals surface area contributed by atoms with Gasteiger partial charge in [0.2, 0.25) is 0 Å². The number of aliphatic hydroxyl groups is 1. The van der Waals surface area contributed by atoms with Crippen molar-refractivity contribution in [3.63, 3.8) is 0 Å². The summed E-state index contributed by atoms with van der Waals surface area (Å²) in [5.74, 6) is 1.03. The molecule has 6 nitrogen and oxygen atoms in total. The number of nitrogens with zero attached hydrogens (tertiary/aromatic N) is 3. The summed E-state index contributed by atoms with van der Waals surface area (Å²) in [6, 6.07) is 8.26. The maximum absolute atomic E-state index is 10.7. The molecule has 1 atom stereocenters. The standard InChI is InChI=1S/C19H30N4O2/c1-3-8-23-17-7-5-4-6-16(17)21-18(23)13-20-14-19(2,24)15-22-9-11-25-12-10-22/h4-7,20,24H,3,8-15H2,1-2H3. The van der Waals surface area contributed by atoms with Gasteiger partial charge in [-0.3, -0.25) is 4.90 Å². The lowest BCUT2D eigenvalue weighted by Gasteiger charge is -2.34. The van der Waals surface area contributed by atoms with E-state index in [-0.39, 0.29) is 0 Å². The molecule has 0 bridgehead atoms. The van der Waals surface area contributed by atoms with Crippen LogP contribution in [0.25, 0.3) is 11.0 Å². The van der Waals surface area contributed by atoms with Gasteiger partial charge in [0.1, 0.15) is 5.82 Å². The molecule has 0 aliphatic carbocycles. The number of hydrogen-bond donors (Lipinski definition) is 2. The summed E-state index contributed by atoms with van der Waals surface area (Å²) < 4.78 is 7.64. The Morgan fingerprint density at radius 3 is 2.80 bits per heavy atom. The number of fused-ring (bicyclic) bond motifs is 1. The topological polar surface area (TPSA) is 62.5 Å². The Bertz CT molecular complexity index is 677. The molecule has 2 aromatic rings. The summed E-state index contributed by atoms with van der Waals surface area (Å²) in [5.41, 5.74) is 1.45. The lowest BCUT2D eigenvalue weighted by molar-refractivity contribution is -0.0220. The fraction of sp³-hybridized carbons (Fsp3) is 0.632. The largest absolute Gasteiger partial charge is 0.388 e. The summed E-state index contributed by atoms with van der Waals surface area (Å²) >= 11 is 0. The number of hydrogen-bond acceptors (Lipinski definition) is 5. The first-order valence-corrected chi connectivity index (χ1v) is 9.26. The van der Waals surface area contributed by atoms with Gasteiger partial charge in [-0.1, -0.05) is 19.1 Å². The van der Waals surface area contributed by atoms with Crippen molar-refractivity contribution in [3.8, 4) is 0 Å². The first-order valence-electron chi connectivity index (χ1n) is 9.26. The highest BCUT2D eigenvalue weighted by Crippen LogP contribution is 2.17. The minimum Gasteiger partial charge on any atom is -0.388 e. The number of para-hydroxylation sites is 2. The Labute approximate surface area is 149 Å². The predicted octanol–water partition coefficient (Wildman–Crippen LogP) is 1.62. The van der Waals surface area contributed by atoms with E-state index in [1.54, 1.807) is 0 Å². The van der Waals surface area contributed by atoms with E-state index in [0.29, 0.717) is 19.6 Å². The second-order valence-corrected chi connectivity index (χ2v) is 7.16. The SMILES string of the molecule is CCCn1c(CNCC(C)(O)CN2CCOCC2)nc2ccccc21. The van der Waals surface area contributed by atoms with Crippen molar-refractivity contribution in [3.05, 3.63) is 30.1 Å². The second-order valence-electron chi connectivity index (χ2n) is 7.16. The zero-order valence-electron chi connectivity index (χ0n) is 15.4. The number of β-amino-alcohol motifs (C(OH)–C–C–N with tert-alkyl or cyclic N) is 1. The van der Waals surface area contributed by atoms with E-state index in [1.807, 2.05) is 13.0 Å². The molecule has 1 aromatic carbocycles. The van der Waals surface area contributed by atoms with Gasteiger partial charge in [0.25, 0.3) is 0 Å². The highest BCUT2D eigenvalue weighted by Gasteiger charge is 2.25. The fourth-order valence-corrected chi connectivity index (χ4v) is 3.47. The molecule has 6 heteroatoms. The number of aryl methyl sites for hydroxylation is 1. The Hall–Kier alpha value is -1.47. The Balaban J connectivity index is 1.59. The molecular formula is C19H30N4O2. The van der Waals surface area contributed by atoms with Crippen LogP contribution in [-0.4, -0.2) is 64.6 Å². The maximum Gasteiger partial charge on any atom is 0.123 e. The van der Waals surface area contributed by atoms with Crippen molar-refractivity contribution in [1.29, 1.82) is 0 Å². The van der Waals surface area contributed by atoms with Gasteiger partial charge in [-0.05, 0) is 25.5 Å². The molecule has 1 aliphatic rings. The molecule has 2 N–H and O–H groups in total. The van der Waals surface area contributed by atoms with E-state index in [4.69, 9.17) is 9.72 Å². The van der Waals surface area contributed by atoms with Crippen molar-refractivity contribution >= 4 is 11.0 Å². The average Bonchev–Trinajstić information content (AvgIpc) is 2.93. The molecule has 0 saturated carbocycles. The molecule has 1 fully saturated rings. The zero-order valence-corrected chi connectivity index (χ0v) is 15.4. The molecule has 25 heavy (non-hydrogen) atoms. The van der Waals surface area contributed by atoms with Gasteiger partial charge in [0, 0.05) is 32.7 Å². The molecule has 2 heterocycles. The monoisotopic (exact) mass is 346 g/mol. The lowest BCUT2D eigenvalue weighted by Crippen LogP contribution is -2.50. The number of aromatic nitrogens is 2. The van der Waals surface area contributed by atoms with E-state index in [1.165, 1.54) is 5.52 Å². The van der Waals surface area contributed by atoms with E-state index in [2.05, 4.69) is 39.9 Å². The van der Waals surface area contributed by atoms with Gasteiger partial charge in [0.15, 0.2) is 0 Å². The molecule has 1 aromatic heterocycles. The zero-order chi connectivity index (χ0) is 17.7. The highest BCUT2D eigenvalue weighted by molar-refractivity contribution is 5.75. The minimum atomic E-state index is -0.765. The van der Waals surface area contributed by atoms with Crippen molar-refractivity contribution in [2.75, 3.05) is 39.4 Å². The van der Waals surface area contributed by atoms with Crippen LogP contribution in [0.2, 0.25) is 0 Å². The normalized spacial score (nSPS) is 18.5. The predicted molar refractivity (Wildman–Crippen MR) is 99.6 cm³/mol. The summed E-state index contributed by atoms with van der Waals surface area (Å²) in [6.07, 6.45) is 1.07. The second kappa shape index (κ2) is 8.27. The van der Waals surface area contributed by atoms with Crippen molar-refractivity contribution in [1.82, 2.24) is 19.8 Å². The lowest BCUT2D eigenvalue weighted by atomic mass is 10.1. The first-order chi connectivity index (χ1) is 12.1. The average molecular weight is 346 g/mol. The van der Waals surface area contributed by atoms with Crippen LogP contribution in [0, 0.1) is 0 Å². The molecule has 1 unspecified atom stereocenters. The van der Waals surface area contributed by atoms with Gasteiger partial charge in [0.05, 0.1) is 36.4 Å². The van der Waals surface area contributed by atoms with Crippen LogP contribution in [-0.2, 0) is 17.8 Å². The van der Waals surface area contributed by atoms with Gasteiger partial charge in [-0.25, -0.2) is 4.98 Å². The molecule has 3 rings (SSSR count). The molecule has 0 spiro atoms. The molecular weight excluding hydrogens is 316 g/mol. The van der Waals surface area contributed by atoms with Crippen molar-refractivity contribution < 1.29 is 9.84 Å². The maximum atomic E-state index is 10.7. The smallest absolute Gasteiger partial charge is 0.123 e. The van der Waals surface area contributed by atoms with E-state index >= 15 is 0 Å². The number of rotatable bonds is 8. The molecule has 138 valence electrons. The Morgan fingerprint density at radius 2 is 2.04 bits per heavy atom. The summed E-state index contributed by atoms with van der Waals surface area (Å²) in [4.78, 5) is 7.02. The van der Waals surface area contributed by atoms with Crippen LogP contribution in [0.5, 0.6) is 0 Å². The third-order valence-electron chi connectivity index (χ3n) is 4.64. The van der Waals surface area contributed by atoms with Crippen molar-refractivity contribution in [2.45, 2.75) is 39.0 Å². The van der Waals surface area contributed by atoms with Crippen LogP contribution >= 0.6 is 0 Å². The fourth-order valence-electron chi connectivity index (χ4n) is 3.47. The number of ether oxygens (including phenoxy) is 1. The highest BCUT2D eigenvalue weighted by atomic mass is 16.5. The number of morpholine rings is 1. The summed E-state index contributed by atoms with van der Waals surface area (Å²) in [5, 5.41) is 14.1. The Morgan fingerprint density at radius 1 is 1.28 bits per heavy atom.